The van der Waals surface area contributed by atoms with Crippen LogP contribution >= 0.6 is 0 Å². The molecule has 3 amide bonds. The summed E-state index contributed by atoms with van der Waals surface area (Å²) >= 11 is 0. The summed E-state index contributed by atoms with van der Waals surface area (Å²) in [5, 5.41) is 32.5. The molecule has 0 aromatic rings. The zero-order valence-corrected chi connectivity index (χ0v) is 15.5. The number of nitrogens with zero attached hydrogens (tertiary/aromatic N) is 1. The van der Waals surface area contributed by atoms with Crippen LogP contribution in [0, 0.1) is 0 Å². The van der Waals surface area contributed by atoms with Gasteiger partial charge in [-0.3, -0.25) is 19.3 Å². The van der Waals surface area contributed by atoms with Crippen LogP contribution in [0.5, 0.6) is 0 Å². The second-order valence-corrected chi connectivity index (χ2v) is 3.52. The van der Waals surface area contributed by atoms with Gasteiger partial charge >= 0.3 is 39.1 Å². The van der Waals surface area contributed by atoms with E-state index in [0.717, 1.165) is 24.0 Å². The molecule has 0 unspecified atom stereocenters. The third-order valence-corrected chi connectivity index (χ3v) is 1.70. The summed E-state index contributed by atoms with van der Waals surface area (Å²) in [7, 11) is 0. The Bertz CT molecular complexity index is 503. The molecular formula is C11H18N4O10Pt. The Labute approximate surface area is 161 Å². The quantitative estimate of drug-likeness (QED) is 0.225. The molecule has 14 nitrogen and oxygen atoms in total. The van der Waals surface area contributed by atoms with Gasteiger partial charge in [0.2, 0.25) is 0 Å². The molecule has 0 aromatic carbocycles. The summed E-state index contributed by atoms with van der Waals surface area (Å²) in [6.07, 6.45) is 1.14. The standard InChI is InChI=1S/C7H8N2O4.C2H2O4.C2H4O2.2H2N.Pt/c10-5-1-2-6(11)9(5)4-3-8-7(12)13;3-1(4)2(5)6;1-2(3)4;;;/h1-2,8H,3-4H2,(H,12,13);(H,3,4)(H,5,6);1H3,(H,3,4);2*1H2;/q;;;2*-1;+2. The van der Waals surface area contributed by atoms with Gasteiger partial charge in [0.25, 0.3) is 17.8 Å². The molecule has 0 radical (unpaired) electrons. The van der Waals surface area contributed by atoms with Gasteiger partial charge in [-0.25, -0.2) is 14.4 Å². The first-order chi connectivity index (χ1) is 10.5. The van der Waals surface area contributed by atoms with Crippen molar-refractivity contribution >= 4 is 35.8 Å². The Balaban J connectivity index is -0.0000000970. The third kappa shape index (κ3) is 21.2. The van der Waals surface area contributed by atoms with E-state index in [2.05, 4.69) is 5.32 Å². The minimum absolute atomic E-state index is 0. The fraction of sp³-hybridized carbons (Fsp3) is 0.273. The van der Waals surface area contributed by atoms with Crippen LogP contribution in [0.2, 0.25) is 0 Å². The van der Waals surface area contributed by atoms with Gasteiger partial charge in [0.05, 0.1) is 0 Å². The number of carboxylic acid groups (broad SMARTS) is 4. The van der Waals surface area contributed by atoms with Crippen LogP contribution in [0.25, 0.3) is 12.3 Å². The maximum Gasteiger partial charge on any atom is 2.00 e. The summed E-state index contributed by atoms with van der Waals surface area (Å²) in [6.45, 7) is 1.20. The van der Waals surface area contributed by atoms with Gasteiger partial charge in [0, 0.05) is 32.2 Å². The Morgan fingerprint density at radius 1 is 0.923 bits per heavy atom. The number of rotatable bonds is 3. The fourth-order valence-corrected chi connectivity index (χ4v) is 0.926. The van der Waals surface area contributed by atoms with Gasteiger partial charge in [0.1, 0.15) is 0 Å². The number of hydrogen-bond acceptors (Lipinski definition) is 6. The largest absolute Gasteiger partial charge is 2.00 e. The monoisotopic (exact) mass is 561 g/mol. The topological polar surface area (TPSA) is 266 Å². The second kappa shape index (κ2) is 18.5. The molecule has 0 aromatic heterocycles. The number of carbonyl (C=O) groups excluding carboxylic acids is 2. The summed E-state index contributed by atoms with van der Waals surface area (Å²) in [4.78, 5) is 60.0. The number of amides is 3. The van der Waals surface area contributed by atoms with E-state index in [1.165, 1.54) is 0 Å². The molecule has 0 atom stereocenters. The fourth-order valence-electron chi connectivity index (χ4n) is 0.926. The molecule has 0 saturated carbocycles. The van der Waals surface area contributed by atoms with Gasteiger partial charge in [-0.1, -0.05) is 0 Å². The maximum absolute atomic E-state index is 10.9. The SMILES string of the molecule is CC(=O)O.O=C(O)C(=O)O.O=C(O)NCCN1C(=O)C=CC1=O.[NH2-].[NH2-].[Pt+2]. The number of nitrogens with two attached hydrogens (primary N) is 2. The van der Waals surface area contributed by atoms with Crippen molar-refractivity contribution in [3.05, 3.63) is 24.5 Å². The van der Waals surface area contributed by atoms with Crippen LogP contribution in [-0.4, -0.2) is 74.2 Å². The van der Waals surface area contributed by atoms with Crippen LogP contribution in [0.1, 0.15) is 6.92 Å². The molecule has 1 rings (SSSR count). The smallest absolute Gasteiger partial charge is 0.693 e. The normalized spacial score (nSPS) is 10.3. The van der Waals surface area contributed by atoms with Gasteiger partial charge in [-0.05, 0) is 0 Å². The second-order valence-electron chi connectivity index (χ2n) is 3.52. The molecule has 26 heavy (non-hydrogen) atoms. The first-order valence-electron chi connectivity index (χ1n) is 5.65. The number of aliphatic carboxylic acids is 3. The molecule has 9 N–H and O–H groups in total. The van der Waals surface area contributed by atoms with Gasteiger partial charge < -0.3 is 38.0 Å². The van der Waals surface area contributed by atoms with Crippen LogP contribution < -0.4 is 5.32 Å². The van der Waals surface area contributed by atoms with E-state index >= 15 is 0 Å². The predicted molar refractivity (Wildman–Crippen MR) is 81.0 cm³/mol. The molecule has 0 aliphatic carbocycles. The van der Waals surface area contributed by atoms with E-state index in [4.69, 9.17) is 34.8 Å². The van der Waals surface area contributed by atoms with Crippen molar-refractivity contribution in [1.82, 2.24) is 10.2 Å². The Morgan fingerprint density at radius 3 is 1.46 bits per heavy atom. The molecule has 1 aliphatic heterocycles. The Kier molecular flexibility index (Phi) is 24.6. The van der Waals surface area contributed by atoms with Crippen molar-refractivity contribution < 1.29 is 70.3 Å². The van der Waals surface area contributed by atoms with Crippen molar-refractivity contribution in [1.29, 1.82) is 0 Å². The molecule has 0 bridgehead atoms. The van der Waals surface area contributed by atoms with E-state index in [1.54, 1.807) is 0 Å². The average Bonchev–Trinajstić information content (AvgIpc) is 2.70. The molecule has 1 heterocycles. The summed E-state index contributed by atoms with van der Waals surface area (Å²) < 4.78 is 0. The van der Waals surface area contributed by atoms with E-state index < -0.39 is 35.8 Å². The molecule has 0 fully saturated rings. The molecule has 15 heteroatoms. The number of nitrogens with one attached hydrogen (secondary N) is 1. The first kappa shape index (κ1) is 34.5. The van der Waals surface area contributed by atoms with Crippen LogP contribution in [0.15, 0.2) is 12.2 Å². The molecule has 0 spiro atoms. The van der Waals surface area contributed by atoms with E-state index in [9.17, 15) is 14.4 Å². The van der Waals surface area contributed by atoms with Crippen molar-refractivity contribution in [2.75, 3.05) is 13.1 Å². The Morgan fingerprint density at radius 2 is 1.23 bits per heavy atom. The molecular weight excluding hydrogens is 543 g/mol. The number of carbonyl (C=O) groups is 6. The maximum atomic E-state index is 10.9. The average molecular weight is 561 g/mol. The number of hydrogen-bond donors (Lipinski definition) is 5. The van der Waals surface area contributed by atoms with E-state index in [-0.39, 0.29) is 46.5 Å². The van der Waals surface area contributed by atoms with E-state index in [0.29, 0.717) is 0 Å². The van der Waals surface area contributed by atoms with Crippen molar-refractivity contribution in [3.63, 3.8) is 0 Å². The minimum Gasteiger partial charge on any atom is -0.693 e. The number of imide groups is 1. The van der Waals surface area contributed by atoms with Crippen LogP contribution in [0.3, 0.4) is 0 Å². The predicted octanol–water partition coefficient (Wildman–Crippen LogP) is -0.143. The van der Waals surface area contributed by atoms with Gasteiger partial charge in [-0.15, -0.1) is 0 Å². The van der Waals surface area contributed by atoms with E-state index in [1.807, 2.05) is 0 Å². The van der Waals surface area contributed by atoms with Crippen LogP contribution in [0.4, 0.5) is 4.79 Å². The summed E-state index contributed by atoms with van der Waals surface area (Å²) in [5.41, 5.74) is 0. The third-order valence-electron chi connectivity index (χ3n) is 1.70. The summed E-state index contributed by atoms with van der Waals surface area (Å²) in [6, 6.07) is 0. The van der Waals surface area contributed by atoms with Crippen molar-refractivity contribution in [3.8, 4) is 0 Å². The van der Waals surface area contributed by atoms with Gasteiger partial charge in [0.15, 0.2) is 0 Å². The van der Waals surface area contributed by atoms with Crippen molar-refractivity contribution in [2.45, 2.75) is 6.92 Å². The molecule has 1 aliphatic rings. The first-order valence-corrected chi connectivity index (χ1v) is 5.65. The molecule has 0 saturated heterocycles. The zero-order valence-electron chi connectivity index (χ0n) is 13.2. The molecule has 152 valence electrons. The van der Waals surface area contributed by atoms with Gasteiger partial charge in [-0.2, -0.15) is 0 Å². The zero-order chi connectivity index (χ0) is 18.6. The summed E-state index contributed by atoms with van der Waals surface area (Å²) in [5.74, 6) is -5.29. The minimum atomic E-state index is -1.82. The van der Waals surface area contributed by atoms with Crippen molar-refractivity contribution in [2.24, 2.45) is 0 Å². The Hall–Kier alpha value is -2.83. The number of carboxylic acids is 3. The van der Waals surface area contributed by atoms with Crippen LogP contribution in [-0.2, 0) is 45.0 Å².